The van der Waals surface area contributed by atoms with Gasteiger partial charge in [0.25, 0.3) is 10.0 Å². The topological polar surface area (TPSA) is 99.5 Å². The molecule has 8 nitrogen and oxygen atoms in total. The van der Waals surface area contributed by atoms with Crippen molar-refractivity contribution in [1.82, 2.24) is 8.96 Å². The number of fused-ring (bicyclic) bond motifs is 1. The molecule has 1 aliphatic rings. The maximum absolute atomic E-state index is 14.9. The Morgan fingerprint density at radius 2 is 1.89 bits per heavy atom. The Morgan fingerprint density at radius 1 is 1.09 bits per heavy atom. The van der Waals surface area contributed by atoms with Crippen LogP contribution < -0.4 is 10.1 Å². The Morgan fingerprint density at radius 3 is 2.61 bits per heavy atom. The number of halogens is 1. The number of benzene rings is 2. The third kappa shape index (κ3) is 6.96. The van der Waals surface area contributed by atoms with Crippen LogP contribution in [0.25, 0.3) is 0 Å². The van der Waals surface area contributed by atoms with Gasteiger partial charge in [-0.1, -0.05) is 29.8 Å². The van der Waals surface area contributed by atoms with Crippen LogP contribution in [0, 0.1) is 12.7 Å². The summed E-state index contributed by atoms with van der Waals surface area (Å²) in [6.45, 7) is 4.68. The SMILES string of the molecule is CCOC(=O)CC(c1ccc(OC)c(F)c1)c1cc(CCCc2ccc3c(n2)NCCC3)cn1S(=O)(=O)c1ccc(C)cc1. The number of aryl methyl sites for hydroxylation is 4. The second-order valence-corrected chi connectivity index (χ2v) is 12.9. The van der Waals surface area contributed by atoms with Crippen molar-refractivity contribution < 1.29 is 27.1 Å². The van der Waals surface area contributed by atoms with E-state index in [1.165, 1.54) is 28.8 Å². The zero-order valence-corrected chi connectivity index (χ0v) is 26.1. The molecule has 0 amide bonds. The van der Waals surface area contributed by atoms with E-state index in [0.717, 1.165) is 54.9 Å². The number of nitrogens with zero attached hydrogens (tertiary/aromatic N) is 2. The van der Waals surface area contributed by atoms with Crippen LogP contribution in [0.2, 0.25) is 0 Å². The van der Waals surface area contributed by atoms with E-state index in [1.807, 2.05) is 6.92 Å². The molecule has 0 radical (unpaired) electrons. The lowest BCUT2D eigenvalue weighted by molar-refractivity contribution is -0.143. The number of anilines is 1. The Kier molecular flexibility index (Phi) is 9.68. The maximum atomic E-state index is 14.9. The smallest absolute Gasteiger partial charge is 0.306 e. The van der Waals surface area contributed by atoms with Gasteiger partial charge in [0.15, 0.2) is 11.6 Å². The molecule has 0 aliphatic carbocycles. The van der Waals surface area contributed by atoms with E-state index in [2.05, 4.69) is 17.4 Å². The molecule has 1 unspecified atom stereocenters. The molecule has 10 heteroatoms. The fourth-order valence-corrected chi connectivity index (χ4v) is 7.04. The normalized spacial score (nSPS) is 13.5. The molecule has 1 aliphatic heterocycles. The summed E-state index contributed by atoms with van der Waals surface area (Å²) in [5, 5.41) is 3.37. The first kappa shape index (κ1) is 31.3. The fourth-order valence-electron chi connectivity index (χ4n) is 5.60. The first-order valence-corrected chi connectivity index (χ1v) is 16.4. The molecule has 0 bridgehead atoms. The Balaban J connectivity index is 1.52. The number of nitrogens with one attached hydrogen (secondary N) is 1. The largest absolute Gasteiger partial charge is 0.494 e. The third-order valence-corrected chi connectivity index (χ3v) is 9.61. The average Bonchev–Trinajstić information content (AvgIpc) is 3.45. The molecular weight excluding hydrogens is 581 g/mol. The van der Waals surface area contributed by atoms with E-state index in [1.54, 1.807) is 49.5 Å². The summed E-state index contributed by atoms with van der Waals surface area (Å²) in [6.07, 6.45) is 5.60. The summed E-state index contributed by atoms with van der Waals surface area (Å²) >= 11 is 0. The molecule has 0 spiro atoms. The number of hydrogen-bond donors (Lipinski definition) is 1. The minimum atomic E-state index is -4.05. The molecule has 2 aromatic carbocycles. The highest BCUT2D eigenvalue weighted by Crippen LogP contribution is 2.35. The second-order valence-electron chi connectivity index (χ2n) is 11.0. The van der Waals surface area contributed by atoms with Crippen molar-refractivity contribution >= 4 is 21.8 Å². The van der Waals surface area contributed by atoms with Gasteiger partial charge in [-0.25, -0.2) is 21.8 Å². The molecule has 4 aromatic rings. The van der Waals surface area contributed by atoms with E-state index in [4.69, 9.17) is 14.5 Å². The molecule has 232 valence electrons. The number of pyridine rings is 1. The van der Waals surface area contributed by atoms with Gasteiger partial charge in [0, 0.05) is 30.0 Å². The number of esters is 1. The van der Waals surface area contributed by atoms with E-state index in [-0.39, 0.29) is 23.7 Å². The van der Waals surface area contributed by atoms with E-state index in [0.29, 0.717) is 17.7 Å². The maximum Gasteiger partial charge on any atom is 0.306 e. The number of hydrogen-bond acceptors (Lipinski definition) is 7. The van der Waals surface area contributed by atoms with E-state index < -0.39 is 27.7 Å². The Hall–Kier alpha value is -4.18. The van der Waals surface area contributed by atoms with Crippen molar-refractivity contribution in [2.24, 2.45) is 0 Å². The highest BCUT2D eigenvalue weighted by molar-refractivity contribution is 7.90. The lowest BCUT2D eigenvalue weighted by Gasteiger charge is -2.20. The molecule has 0 saturated heterocycles. The minimum Gasteiger partial charge on any atom is -0.494 e. The van der Waals surface area contributed by atoms with Gasteiger partial charge in [-0.2, -0.15) is 0 Å². The number of carbonyl (C=O) groups excluding carboxylic acids is 1. The van der Waals surface area contributed by atoms with Crippen LogP contribution in [0.5, 0.6) is 5.75 Å². The Labute approximate surface area is 258 Å². The van der Waals surface area contributed by atoms with Crippen LogP contribution in [0.15, 0.2) is 71.8 Å². The Bertz CT molecular complexity index is 1730. The highest BCUT2D eigenvalue weighted by Gasteiger charge is 2.29. The number of ether oxygens (including phenoxy) is 2. The number of methoxy groups -OCH3 is 1. The predicted octanol–water partition coefficient (Wildman–Crippen LogP) is 6.19. The minimum absolute atomic E-state index is 0.0537. The van der Waals surface area contributed by atoms with Crippen LogP contribution in [0.1, 0.15) is 65.7 Å². The second kappa shape index (κ2) is 13.6. The van der Waals surface area contributed by atoms with Crippen LogP contribution in [-0.4, -0.2) is 43.6 Å². The van der Waals surface area contributed by atoms with Gasteiger partial charge in [0.05, 0.1) is 25.0 Å². The summed E-state index contributed by atoms with van der Waals surface area (Å²) in [4.78, 5) is 17.7. The highest BCUT2D eigenvalue weighted by atomic mass is 32.2. The lowest BCUT2D eigenvalue weighted by Crippen LogP contribution is -2.20. The molecule has 0 saturated carbocycles. The van der Waals surface area contributed by atoms with Gasteiger partial charge >= 0.3 is 5.97 Å². The summed E-state index contributed by atoms with van der Waals surface area (Å²) in [5.74, 6) is -0.914. The van der Waals surface area contributed by atoms with Crippen LogP contribution in [0.3, 0.4) is 0 Å². The molecule has 2 aromatic heterocycles. The summed E-state index contributed by atoms with van der Waals surface area (Å²) < 4.78 is 54.6. The first-order chi connectivity index (χ1) is 21.2. The lowest BCUT2D eigenvalue weighted by atomic mass is 9.92. The van der Waals surface area contributed by atoms with E-state index >= 15 is 0 Å². The van der Waals surface area contributed by atoms with Gasteiger partial charge in [-0.15, -0.1) is 0 Å². The van der Waals surface area contributed by atoms with Gasteiger partial charge in [0.2, 0.25) is 0 Å². The average molecular weight is 620 g/mol. The quantitative estimate of drug-likeness (QED) is 0.189. The number of rotatable bonds is 12. The molecule has 1 atom stereocenters. The van der Waals surface area contributed by atoms with Crippen molar-refractivity contribution in [1.29, 1.82) is 0 Å². The van der Waals surface area contributed by atoms with Gasteiger partial charge in [-0.05, 0) is 99.0 Å². The predicted molar refractivity (Wildman–Crippen MR) is 167 cm³/mol. The summed E-state index contributed by atoms with van der Waals surface area (Å²) in [6, 6.07) is 17.0. The van der Waals surface area contributed by atoms with Crippen molar-refractivity contribution in [3.63, 3.8) is 0 Å². The fraction of sp³-hybridized carbons (Fsp3) is 0.353. The van der Waals surface area contributed by atoms with Gasteiger partial charge in [0.1, 0.15) is 5.82 Å². The first-order valence-electron chi connectivity index (χ1n) is 14.9. The van der Waals surface area contributed by atoms with Crippen LogP contribution >= 0.6 is 0 Å². The molecular formula is C34H38FN3O5S. The standard InChI is InChI=1S/C34H38FN3O5S/c1-4-43-33(39)21-29(26-13-17-32(42-3)30(35)20-26)31-19-24(22-38(31)44(40,41)28-15-10-23(2)11-16-28)7-5-9-27-14-12-25-8-6-18-36-34(25)37-27/h10-17,19-20,22,29H,4-9,18,21H2,1-3H3,(H,36,37). The van der Waals surface area contributed by atoms with Crippen LogP contribution in [-0.2, 0) is 38.8 Å². The van der Waals surface area contributed by atoms with Crippen molar-refractivity contribution in [2.75, 3.05) is 25.6 Å². The third-order valence-electron chi connectivity index (χ3n) is 7.91. The van der Waals surface area contributed by atoms with Gasteiger partial charge < -0.3 is 14.8 Å². The van der Waals surface area contributed by atoms with Crippen molar-refractivity contribution in [3.8, 4) is 5.75 Å². The number of carbonyl (C=O) groups is 1. The van der Waals surface area contributed by atoms with E-state index in [9.17, 15) is 17.6 Å². The molecule has 0 fully saturated rings. The summed E-state index contributed by atoms with van der Waals surface area (Å²) in [7, 11) is -2.68. The zero-order chi connectivity index (χ0) is 31.3. The molecule has 1 N–H and O–H groups in total. The van der Waals surface area contributed by atoms with Crippen LogP contribution in [0.4, 0.5) is 10.2 Å². The summed E-state index contributed by atoms with van der Waals surface area (Å²) in [5.41, 5.74) is 4.71. The van der Waals surface area contributed by atoms with Crippen molar-refractivity contribution in [3.05, 3.63) is 106 Å². The monoisotopic (exact) mass is 619 g/mol. The zero-order valence-electron chi connectivity index (χ0n) is 25.3. The molecule has 3 heterocycles. The molecule has 44 heavy (non-hydrogen) atoms. The molecule has 5 rings (SSSR count). The van der Waals surface area contributed by atoms with Crippen molar-refractivity contribution in [2.45, 2.75) is 63.2 Å². The van der Waals surface area contributed by atoms with Gasteiger partial charge in [-0.3, -0.25) is 4.79 Å². The number of aromatic nitrogens is 2.